The van der Waals surface area contributed by atoms with Crippen molar-refractivity contribution in [2.24, 2.45) is 5.92 Å². The molecule has 0 spiro atoms. The van der Waals surface area contributed by atoms with E-state index in [0.29, 0.717) is 22.5 Å². The molecule has 4 heteroatoms. The van der Waals surface area contributed by atoms with E-state index in [4.69, 9.17) is 22.0 Å². The molecule has 0 radical (unpaired) electrons. The number of nitrogens with zero attached hydrogens (tertiary/aromatic N) is 1. The third-order valence-electron chi connectivity index (χ3n) is 3.60. The first-order chi connectivity index (χ1) is 8.74. The first-order valence-electron chi connectivity index (χ1n) is 6.31. The molecule has 2 unspecified atom stereocenters. The maximum Gasteiger partial charge on any atom is 0.101 e. The van der Waals surface area contributed by atoms with Crippen molar-refractivity contribution in [2.75, 3.05) is 11.9 Å². The number of anilines is 1. The maximum atomic E-state index is 9.08. The Balaban J connectivity index is 2.13. The zero-order chi connectivity index (χ0) is 13.0. The van der Waals surface area contributed by atoms with Gasteiger partial charge in [-0.15, -0.1) is 0 Å². The Morgan fingerprint density at radius 2 is 2.28 bits per heavy atom. The highest BCUT2D eigenvalue weighted by Gasteiger charge is 2.27. The van der Waals surface area contributed by atoms with Gasteiger partial charge in [0.05, 0.1) is 11.3 Å². The molecule has 1 aliphatic rings. The second-order valence-corrected chi connectivity index (χ2v) is 5.19. The van der Waals surface area contributed by atoms with Gasteiger partial charge in [-0.1, -0.05) is 18.0 Å². The van der Waals surface area contributed by atoms with Crippen molar-refractivity contribution in [3.63, 3.8) is 0 Å². The number of nitriles is 1. The Kier molecular flexibility index (Phi) is 4.46. The number of rotatable bonds is 4. The van der Waals surface area contributed by atoms with Crippen molar-refractivity contribution in [1.82, 2.24) is 0 Å². The molecule has 0 amide bonds. The average Bonchev–Trinajstić information content (AvgIpc) is 2.78. The fourth-order valence-corrected chi connectivity index (χ4v) is 2.84. The lowest BCUT2D eigenvalue weighted by Crippen LogP contribution is -2.25. The molecular weight excluding hydrogens is 248 g/mol. The van der Waals surface area contributed by atoms with Crippen LogP contribution >= 0.6 is 11.6 Å². The summed E-state index contributed by atoms with van der Waals surface area (Å²) in [6, 6.07) is 7.77. The van der Waals surface area contributed by atoms with Gasteiger partial charge in [0, 0.05) is 17.7 Å². The van der Waals surface area contributed by atoms with Gasteiger partial charge >= 0.3 is 0 Å². The number of halogens is 1. The van der Waals surface area contributed by atoms with Gasteiger partial charge in [0.2, 0.25) is 0 Å². The summed E-state index contributed by atoms with van der Waals surface area (Å²) in [5, 5.41) is 22.2. The lowest BCUT2D eigenvalue weighted by Gasteiger charge is -2.22. The second kappa shape index (κ2) is 6.08. The molecule has 2 rings (SSSR count). The van der Waals surface area contributed by atoms with Gasteiger partial charge in [-0.25, -0.2) is 0 Å². The van der Waals surface area contributed by atoms with Crippen LogP contribution in [0.3, 0.4) is 0 Å². The monoisotopic (exact) mass is 264 g/mol. The van der Waals surface area contributed by atoms with Crippen molar-refractivity contribution in [3.8, 4) is 6.07 Å². The summed E-state index contributed by atoms with van der Waals surface area (Å²) in [5.74, 6) is 0.487. The van der Waals surface area contributed by atoms with Crippen LogP contribution in [0.4, 0.5) is 5.69 Å². The maximum absolute atomic E-state index is 9.08. The molecule has 1 aromatic carbocycles. The Morgan fingerprint density at radius 1 is 1.44 bits per heavy atom. The van der Waals surface area contributed by atoms with E-state index in [9.17, 15) is 0 Å². The van der Waals surface area contributed by atoms with Crippen LogP contribution in [-0.2, 0) is 0 Å². The van der Waals surface area contributed by atoms with Crippen LogP contribution in [0.1, 0.15) is 31.2 Å². The Hall–Kier alpha value is -1.24. The number of benzene rings is 1. The molecule has 0 aliphatic heterocycles. The second-order valence-electron chi connectivity index (χ2n) is 4.76. The summed E-state index contributed by atoms with van der Waals surface area (Å²) in [6.45, 7) is 0.226. The van der Waals surface area contributed by atoms with Gasteiger partial charge in [-0.05, 0) is 43.4 Å². The van der Waals surface area contributed by atoms with Crippen molar-refractivity contribution >= 4 is 17.3 Å². The molecule has 0 saturated heterocycles. The van der Waals surface area contributed by atoms with Crippen molar-refractivity contribution in [3.05, 3.63) is 28.8 Å². The largest absolute Gasteiger partial charge is 0.396 e. The predicted molar refractivity (Wildman–Crippen MR) is 72.6 cm³/mol. The van der Waals surface area contributed by atoms with Gasteiger partial charge in [0.15, 0.2) is 0 Å². The van der Waals surface area contributed by atoms with Gasteiger partial charge < -0.3 is 10.4 Å². The van der Waals surface area contributed by atoms with Gasteiger partial charge in [0.1, 0.15) is 6.07 Å². The van der Waals surface area contributed by atoms with Crippen LogP contribution in [0.2, 0.25) is 5.02 Å². The third-order valence-corrected chi connectivity index (χ3v) is 3.84. The van der Waals surface area contributed by atoms with E-state index in [0.717, 1.165) is 24.9 Å². The van der Waals surface area contributed by atoms with Crippen molar-refractivity contribution in [1.29, 1.82) is 5.26 Å². The summed E-state index contributed by atoms with van der Waals surface area (Å²) in [4.78, 5) is 0. The molecular formula is C14H17ClN2O. The fourth-order valence-electron chi connectivity index (χ4n) is 2.67. The number of hydrogen-bond donors (Lipinski definition) is 2. The molecule has 0 heterocycles. The first kappa shape index (κ1) is 13.2. The lowest BCUT2D eigenvalue weighted by molar-refractivity contribution is 0.254. The Morgan fingerprint density at radius 3 is 3.00 bits per heavy atom. The molecule has 96 valence electrons. The van der Waals surface area contributed by atoms with Crippen LogP contribution in [0.5, 0.6) is 0 Å². The van der Waals surface area contributed by atoms with E-state index in [2.05, 4.69) is 11.4 Å². The molecule has 2 N–H and O–H groups in total. The molecule has 18 heavy (non-hydrogen) atoms. The van der Waals surface area contributed by atoms with E-state index >= 15 is 0 Å². The van der Waals surface area contributed by atoms with Gasteiger partial charge in [-0.2, -0.15) is 5.26 Å². The number of hydrogen-bond acceptors (Lipinski definition) is 3. The quantitative estimate of drug-likeness (QED) is 0.878. The molecule has 1 saturated carbocycles. The first-order valence-corrected chi connectivity index (χ1v) is 6.69. The van der Waals surface area contributed by atoms with E-state index in [1.54, 1.807) is 18.2 Å². The smallest absolute Gasteiger partial charge is 0.101 e. The number of nitrogens with one attached hydrogen (secondary N) is 1. The highest BCUT2D eigenvalue weighted by Crippen LogP contribution is 2.32. The van der Waals surface area contributed by atoms with E-state index in [1.807, 2.05) is 0 Å². The minimum absolute atomic E-state index is 0.226. The van der Waals surface area contributed by atoms with Crippen molar-refractivity contribution < 1.29 is 5.11 Å². The number of aliphatic hydroxyl groups is 1. The third kappa shape index (κ3) is 2.95. The van der Waals surface area contributed by atoms with E-state index in [1.165, 1.54) is 6.42 Å². The summed E-state index contributed by atoms with van der Waals surface area (Å²) in [6.07, 6.45) is 4.22. The summed E-state index contributed by atoms with van der Waals surface area (Å²) >= 11 is 5.97. The molecule has 0 aromatic heterocycles. The highest BCUT2D eigenvalue weighted by molar-refractivity contribution is 6.30. The Bertz CT molecular complexity index is 456. The SMILES string of the molecule is N#Cc1ccc(Cl)cc1NC1CCCC1CCO. The van der Waals surface area contributed by atoms with Crippen LogP contribution < -0.4 is 5.32 Å². The average molecular weight is 265 g/mol. The van der Waals surface area contributed by atoms with E-state index in [-0.39, 0.29) is 6.61 Å². The van der Waals surface area contributed by atoms with Crippen molar-refractivity contribution in [2.45, 2.75) is 31.7 Å². The normalized spacial score (nSPS) is 22.7. The predicted octanol–water partition coefficient (Wildman–Crippen LogP) is 3.17. The molecule has 2 atom stereocenters. The van der Waals surface area contributed by atoms with Gasteiger partial charge in [-0.3, -0.25) is 0 Å². The molecule has 3 nitrogen and oxygen atoms in total. The zero-order valence-corrected chi connectivity index (χ0v) is 11.0. The zero-order valence-electron chi connectivity index (χ0n) is 10.2. The van der Waals surface area contributed by atoms with Crippen LogP contribution in [0.25, 0.3) is 0 Å². The van der Waals surface area contributed by atoms with Crippen LogP contribution in [0, 0.1) is 17.2 Å². The minimum atomic E-state index is 0.226. The summed E-state index contributed by atoms with van der Waals surface area (Å²) < 4.78 is 0. The molecule has 1 aromatic rings. The molecule has 1 aliphatic carbocycles. The highest BCUT2D eigenvalue weighted by atomic mass is 35.5. The summed E-state index contributed by atoms with van der Waals surface area (Å²) in [5.41, 5.74) is 1.42. The Labute approximate surface area is 112 Å². The molecule has 0 bridgehead atoms. The number of aliphatic hydroxyl groups excluding tert-OH is 1. The standard InChI is InChI=1S/C14H17ClN2O/c15-12-5-4-11(9-16)14(8-12)17-13-3-1-2-10(13)6-7-18/h4-5,8,10,13,17-18H,1-3,6-7H2. The van der Waals surface area contributed by atoms with Crippen LogP contribution in [0.15, 0.2) is 18.2 Å². The van der Waals surface area contributed by atoms with Crippen LogP contribution in [-0.4, -0.2) is 17.8 Å². The minimum Gasteiger partial charge on any atom is -0.396 e. The summed E-state index contributed by atoms with van der Waals surface area (Å²) in [7, 11) is 0. The fraction of sp³-hybridized carbons (Fsp3) is 0.500. The topological polar surface area (TPSA) is 56.0 Å². The lowest BCUT2D eigenvalue weighted by atomic mass is 9.99. The molecule has 1 fully saturated rings. The van der Waals surface area contributed by atoms with E-state index < -0.39 is 0 Å². The van der Waals surface area contributed by atoms with Gasteiger partial charge in [0.25, 0.3) is 0 Å².